The van der Waals surface area contributed by atoms with E-state index in [4.69, 9.17) is 16.3 Å². The highest BCUT2D eigenvalue weighted by atomic mass is 35.5. The Morgan fingerprint density at radius 1 is 1.16 bits per heavy atom. The number of benzene rings is 2. The largest absolute Gasteiger partial charge is 0.444 e. The van der Waals surface area contributed by atoms with Crippen molar-refractivity contribution in [2.24, 2.45) is 5.92 Å². The molecule has 1 fully saturated rings. The van der Waals surface area contributed by atoms with Gasteiger partial charge in [0.1, 0.15) is 5.60 Å². The third-order valence-electron chi connectivity index (χ3n) is 6.48. The highest BCUT2D eigenvalue weighted by molar-refractivity contribution is 6.30. The van der Waals surface area contributed by atoms with Crippen molar-refractivity contribution >= 4 is 23.5 Å². The first-order valence-electron chi connectivity index (χ1n) is 10.9. The van der Waals surface area contributed by atoms with E-state index in [1.807, 2.05) is 63.2 Å². The number of ether oxygens (including phenoxy) is 1. The SMILES string of the molecule is CC(C)C1N(C(=O)OC(C)(C)C)CC[C@@]12C(=O)C(c1cccc(Cl)c1)c1ccccc12. The number of amides is 1. The highest BCUT2D eigenvalue weighted by Gasteiger charge is 2.62. The smallest absolute Gasteiger partial charge is 0.410 e. The van der Waals surface area contributed by atoms with Gasteiger partial charge in [-0.1, -0.05) is 61.8 Å². The maximum atomic E-state index is 14.2. The zero-order valence-corrected chi connectivity index (χ0v) is 19.6. The fourth-order valence-electron chi connectivity index (χ4n) is 5.57. The van der Waals surface area contributed by atoms with E-state index in [2.05, 4.69) is 19.9 Å². The van der Waals surface area contributed by atoms with Gasteiger partial charge in [-0.2, -0.15) is 0 Å². The summed E-state index contributed by atoms with van der Waals surface area (Å²) in [5, 5.41) is 0.617. The maximum Gasteiger partial charge on any atom is 0.410 e. The molecule has 4 nitrogen and oxygen atoms in total. The lowest BCUT2D eigenvalue weighted by Gasteiger charge is -2.38. The van der Waals surface area contributed by atoms with Crippen LogP contribution in [0, 0.1) is 5.92 Å². The lowest BCUT2D eigenvalue weighted by molar-refractivity contribution is -0.125. The predicted molar refractivity (Wildman–Crippen MR) is 123 cm³/mol. The number of rotatable bonds is 2. The van der Waals surface area contributed by atoms with E-state index in [-0.39, 0.29) is 29.8 Å². The number of Topliss-reactive ketones (excluding diaryl/α,β-unsaturated/α-hetero) is 1. The van der Waals surface area contributed by atoms with Crippen molar-refractivity contribution in [3.8, 4) is 0 Å². The van der Waals surface area contributed by atoms with E-state index in [9.17, 15) is 9.59 Å². The molecule has 164 valence electrons. The van der Waals surface area contributed by atoms with E-state index in [1.165, 1.54) is 0 Å². The van der Waals surface area contributed by atoms with Gasteiger partial charge in [0.15, 0.2) is 5.78 Å². The van der Waals surface area contributed by atoms with Crippen molar-refractivity contribution in [3.05, 3.63) is 70.2 Å². The average Bonchev–Trinajstić information content (AvgIpc) is 3.19. The van der Waals surface area contributed by atoms with E-state index in [0.29, 0.717) is 18.0 Å². The number of nitrogens with zero attached hydrogens (tertiary/aromatic N) is 1. The van der Waals surface area contributed by atoms with E-state index in [1.54, 1.807) is 4.90 Å². The van der Waals surface area contributed by atoms with Crippen molar-refractivity contribution in [2.45, 2.75) is 64.0 Å². The molecule has 0 aromatic heterocycles. The molecule has 1 aliphatic carbocycles. The van der Waals surface area contributed by atoms with Gasteiger partial charge in [0, 0.05) is 11.6 Å². The van der Waals surface area contributed by atoms with Crippen LogP contribution >= 0.6 is 11.6 Å². The zero-order valence-electron chi connectivity index (χ0n) is 18.8. The molecule has 1 amide bonds. The van der Waals surface area contributed by atoms with E-state index < -0.39 is 11.0 Å². The summed E-state index contributed by atoms with van der Waals surface area (Å²) in [7, 11) is 0. The molecule has 0 bridgehead atoms. The van der Waals surface area contributed by atoms with Gasteiger partial charge in [0.25, 0.3) is 0 Å². The summed E-state index contributed by atoms with van der Waals surface area (Å²) in [6.07, 6.45) is 0.252. The quantitative estimate of drug-likeness (QED) is 0.580. The van der Waals surface area contributed by atoms with Crippen LogP contribution in [0.2, 0.25) is 5.02 Å². The van der Waals surface area contributed by atoms with Gasteiger partial charge in [-0.25, -0.2) is 4.79 Å². The summed E-state index contributed by atoms with van der Waals surface area (Å²) in [4.78, 5) is 29.1. The van der Waals surface area contributed by atoms with Crippen LogP contribution in [-0.4, -0.2) is 35.0 Å². The predicted octanol–water partition coefficient (Wildman–Crippen LogP) is 5.96. The summed E-state index contributed by atoms with van der Waals surface area (Å²) < 4.78 is 5.71. The molecule has 2 unspecified atom stereocenters. The molecular weight excluding hydrogens is 410 g/mol. The van der Waals surface area contributed by atoms with Crippen molar-refractivity contribution in [2.75, 3.05) is 6.54 Å². The first kappa shape index (κ1) is 21.9. The molecule has 5 heteroatoms. The zero-order chi connectivity index (χ0) is 22.6. The van der Waals surface area contributed by atoms with Gasteiger partial charge in [0.2, 0.25) is 0 Å². The van der Waals surface area contributed by atoms with Crippen LogP contribution < -0.4 is 0 Å². The standard InChI is InChI=1S/C26H30ClNO3/c1-16(2)22-26(13-14-28(22)24(30)31-25(3,4)5)20-12-7-6-11-19(20)21(23(26)29)17-9-8-10-18(27)15-17/h6-12,15-16,21-22H,13-14H2,1-5H3/t21?,22?,26-/m0/s1. The highest BCUT2D eigenvalue weighted by Crippen LogP contribution is 2.55. The Morgan fingerprint density at radius 2 is 1.87 bits per heavy atom. The van der Waals surface area contributed by atoms with Gasteiger partial charge in [0.05, 0.1) is 17.4 Å². The van der Waals surface area contributed by atoms with Crippen LogP contribution in [0.4, 0.5) is 4.79 Å². The Morgan fingerprint density at radius 3 is 2.52 bits per heavy atom. The fourth-order valence-corrected chi connectivity index (χ4v) is 5.77. The Balaban J connectivity index is 1.84. The molecule has 0 N–H and O–H groups in total. The van der Waals surface area contributed by atoms with Crippen molar-refractivity contribution < 1.29 is 14.3 Å². The van der Waals surface area contributed by atoms with Gasteiger partial charge in [-0.05, 0) is 61.9 Å². The molecule has 1 saturated heterocycles. The second-order valence-corrected chi connectivity index (χ2v) is 10.5. The Kier molecular flexibility index (Phi) is 5.41. The first-order valence-corrected chi connectivity index (χ1v) is 11.3. The summed E-state index contributed by atoms with van der Waals surface area (Å²) in [6.45, 7) is 10.3. The van der Waals surface area contributed by atoms with Crippen molar-refractivity contribution in [1.82, 2.24) is 4.90 Å². The second kappa shape index (κ2) is 7.67. The van der Waals surface area contributed by atoms with Crippen LogP contribution in [0.5, 0.6) is 0 Å². The van der Waals surface area contributed by atoms with Crippen LogP contribution in [0.25, 0.3) is 0 Å². The van der Waals surface area contributed by atoms with Crippen LogP contribution in [-0.2, 0) is 14.9 Å². The minimum atomic E-state index is -0.741. The number of carbonyl (C=O) groups excluding carboxylic acids is 2. The summed E-state index contributed by atoms with van der Waals surface area (Å²) in [6, 6.07) is 15.4. The maximum absolute atomic E-state index is 14.2. The average molecular weight is 440 g/mol. The molecule has 2 aromatic rings. The Hall–Kier alpha value is -2.33. The van der Waals surface area contributed by atoms with Gasteiger partial charge >= 0.3 is 6.09 Å². The minimum absolute atomic E-state index is 0.0881. The summed E-state index contributed by atoms with van der Waals surface area (Å²) in [5.74, 6) is -0.138. The number of hydrogen-bond acceptors (Lipinski definition) is 3. The van der Waals surface area contributed by atoms with E-state index in [0.717, 1.165) is 16.7 Å². The van der Waals surface area contributed by atoms with E-state index >= 15 is 0 Å². The number of halogens is 1. The minimum Gasteiger partial charge on any atom is -0.444 e. The lowest BCUT2D eigenvalue weighted by atomic mass is 9.70. The first-order chi connectivity index (χ1) is 14.6. The third kappa shape index (κ3) is 3.55. The molecule has 2 aromatic carbocycles. The molecule has 1 aliphatic heterocycles. The van der Waals surface area contributed by atoms with Crippen molar-refractivity contribution in [1.29, 1.82) is 0 Å². The van der Waals surface area contributed by atoms with Gasteiger partial charge < -0.3 is 9.64 Å². The fraction of sp³-hybridized carbons (Fsp3) is 0.462. The van der Waals surface area contributed by atoms with Gasteiger partial charge in [-0.15, -0.1) is 0 Å². The Bertz CT molecular complexity index is 1030. The number of ketones is 1. The monoisotopic (exact) mass is 439 g/mol. The van der Waals surface area contributed by atoms with Crippen LogP contribution in [0.3, 0.4) is 0 Å². The topological polar surface area (TPSA) is 46.6 Å². The molecule has 0 saturated carbocycles. The molecule has 1 heterocycles. The third-order valence-corrected chi connectivity index (χ3v) is 6.72. The molecule has 31 heavy (non-hydrogen) atoms. The Labute approximate surface area is 189 Å². The summed E-state index contributed by atoms with van der Waals surface area (Å²) >= 11 is 6.27. The number of fused-ring (bicyclic) bond motifs is 2. The molecule has 1 spiro atoms. The molecule has 3 atom stereocenters. The summed E-state index contributed by atoms with van der Waals surface area (Å²) in [5.41, 5.74) is 1.63. The number of likely N-dealkylation sites (tertiary alicyclic amines) is 1. The molecular formula is C26H30ClNO3. The molecule has 4 rings (SSSR count). The van der Waals surface area contributed by atoms with Gasteiger partial charge in [-0.3, -0.25) is 4.79 Å². The van der Waals surface area contributed by atoms with Crippen LogP contribution in [0.1, 0.15) is 63.6 Å². The molecule has 2 aliphatic rings. The normalized spacial score (nSPS) is 25.4. The van der Waals surface area contributed by atoms with Crippen LogP contribution in [0.15, 0.2) is 48.5 Å². The number of hydrogen-bond donors (Lipinski definition) is 0. The second-order valence-electron chi connectivity index (χ2n) is 10.0. The lowest BCUT2D eigenvalue weighted by Crippen LogP contribution is -2.52. The molecule has 0 radical (unpaired) electrons. The number of carbonyl (C=O) groups is 2. The van der Waals surface area contributed by atoms with Crippen molar-refractivity contribution in [3.63, 3.8) is 0 Å².